The monoisotopic (exact) mass is 325 g/mol. The average Bonchev–Trinajstić information content (AvgIpc) is 2.13. The average molecular weight is 326 g/mol. The van der Waals surface area contributed by atoms with Gasteiger partial charge in [0, 0.05) is 6.10 Å². The zero-order valence-corrected chi connectivity index (χ0v) is 17.5. The number of rotatable bonds is 9. The number of hydrogen-bond donors (Lipinski definition) is 0. The molecule has 0 aromatic heterocycles. The third-order valence-electron chi connectivity index (χ3n) is 3.21. The van der Waals surface area contributed by atoms with E-state index in [4.69, 9.17) is 15.5 Å². The molecule has 0 amide bonds. The Balaban J connectivity index is 4.07. The molecule has 0 aromatic rings. The van der Waals surface area contributed by atoms with Crippen LogP contribution in [0.1, 0.15) is 26.2 Å². The summed E-state index contributed by atoms with van der Waals surface area (Å²) < 4.78 is 8.35. The molecule has 6 heteroatoms. The maximum Gasteiger partial charge on any atom is 0.258 e. The van der Waals surface area contributed by atoms with Gasteiger partial charge in [-0.15, -0.1) is 11.1 Å². The maximum atomic E-state index is 5.70. The second-order valence-corrected chi connectivity index (χ2v) is 18.5. The lowest BCUT2D eigenvalue weighted by Gasteiger charge is -2.43. The van der Waals surface area contributed by atoms with Crippen molar-refractivity contribution in [2.75, 3.05) is 6.54 Å². The molecular weight excluding hydrogens is 294 g/mol. The Labute approximate surface area is 123 Å². The van der Waals surface area contributed by atoms with Crippen LogP contribution in [0.3, 0.4) is 0 Å². The molecule has 0 aliphatic rings. The molecular formula is C12H32ClNOSi3. The summed E-state index contributed by atoms with van der Waals surface area (Å²) >= 11 is 5.70. The molecule has 2 nitrogen and oxygen atoms in total. The highest BCUT2D eigenvalue weighted by molar-refractivity contribution is 6.90. The molecule has 0 spiro atoms. The van der Waals surface area contributed by atoms with Crippen molar-refractivity contribution in [3.05, 3.63) is 0 Å². The predicted molar refractivity (Wildman–Crippen MR) is 92.2 cm³/mol. The van der Waals surface area contributed by atoms with E-state index in [0.717, 1.165) is 6.42 Å². The Bertz CT molecular complexity index is 214. The van der Waals surface area contributed by atoms with E-state index in [1.54, 1.807) is 0 Å². The second kappa shape index (κ2) is 8.22. The van der Waals surface area contributed by atoms with E-state index in [1.165, 1.54) is 19.4 Å². The molecule has 0 rings (SSSR count). The van der Waals surface area contributed by atoms with Gasteiger partial charge in [-0.05, 0) is 32.7 Å². The highest BCUT2D eigenvalue weighted by Crippen LogP contribution is 2.20. The SMILES string of the molecule is CC(CCCCN([Si](C)(C)C)[Si](C)(C)C)O[SiH2]Cl. The summed E-state index contributed by atoms with van der Waals surface area (Å²) in [6, 6.07) is 0. The predicted octanol–water partition coefficient (Wildman–Crippen LogP) is 3.77. The van der Waals surface area contributed by atoms with Crippen LogP contribution in [0.4, 0.5) is 0 Å². The Hall–Kier alpha value is 0.861. The standard InChI is InChI=1S/C12H32ClNOSi3/c1-12(15-16-13)10-8-9-11-14(17(2,3)4)18(5,6)7/h12H,8-11,16H2,1-7H3. The van der Waals surface area contributed by atoms with E-state index in [-0.39, 0.29) is 0 Å². The Morgan fingerprint density at radius 3 is 1.94 bits per heavy atom. The van der Waals surface area contributed by atoms with Gasteiger partial charge in [0.2, 0.25) is 0 Å². The Morgan fingerprint density at radius 1 is 1.06 bits per heavy atom. The minimum Gasteiger partial charge on any atom is -0.405 e. The molecule has 1 atom stereocenters. The first kappa shape index (κ1) is 18.9. The van der Waals surface area contributed by atoms with E-state index in [0.29, 0.717) is 6.10 Å². The topological polar surface area (TPSA) is 12.5 Å². The zero-order valence-electron chi connectivity index (χ0n) is 13.3. The number of nitrogens with zero attached hydrogens (tertiary/aromatic N) is 1. The Kier molecular flexibility index (Phi) is 8.61. The lowest BCUT2D eigenvalue weighted by molar-refractivity contribution is 0.223. The van der Waals surface area contributed by atoms with Crippen LogP contribution in [-0.2, 0) is 4.43 Å². The fraction of sp³-hybridized carbons (Fsp3) is 1.00. The van der Waals surface area contributed by atoms with Crippen LogP contribution in [0.15, 0.2) is 0 Å². The molecule has 0 aromatic carbocycles. The van der Waals surface area contributed by atoms with E-state index in [2.05, 4.69) is 50.4 Å². The number of unbranched alkanes of at least 4 members (excludes halogenated alkanes) is 1. The van der Waals surface area contributed by atoms with Crippen molar-refractivity contribution in [3.63, 3.8) is 0 Å². The molecule has 0 heterocycles. The molecule has 0 fully saturated rings. The summed E-state index contributed by atoms with van der Waals surface area (Å²) in [6.45, 7) is 18.2. The molecule has 1 unspecified atom stereocenters. The summed E-state index contributed by atoms with van der Waals surface area (Å²) in [5.41, 5.74) is 0. The van der Waals surface area contributed by atoms with Gasteiger partial charge in [-0.25, -0.2) is 0 Å². The fourth-order valence-corrected chi connectivity index (χ4v) is 13.3. The van der Waals surface area contributed by atoms with Crippen LogP contribution < -0.4 is 0 Å². The van der Waals surface area contributed by atoms with Crippen LogP contribution in [-0.4, -0.2) is 42.4 Å². The lowest BCUT2D eigenvalue weighted by Crippen LogP contribution is -2.59. The van der Waals surface area contributed by atoms with Gasteiger partial charge in [0.05, 0.1) is 0 Å². The van der Waals surface area contributed by atoms with E-state index in [9.17, 15) is 0 Å². The van der Waals surface area contributed by atoms with Crippen LogP contribution >= 0.6 is 11.1 Å². The van der Waals surface area contributed by atoms with Crippen molar-refractivity contribution in [1.29, 1.82) is 0 Å². The van der Waals surface area contributed by atoms with Gasteiger partial charge >= 0.3 is 0 Å². The third kappa shape index (κ3) is 8.12. The largest absolute Gasteiger partial charge is 0.405 e. The normalized spacial score (nSPS) is 15.8. The quantitative estimate of drug-likeness (QED) is 0.363. The summed E-state index contributed by atoms with van der Waals surface area (Å²) in [4.78, 5) is 0. The van der Waals surface area contributed by atoms with Crippen molar-refractivity contribution >= 4 is 36.6 Å². The van der Waals surface area contributed by atoms with Crippen molar-refractivity contribution in [3.8, 4) is 0 Å². The van der Waals surface area contributed by atoms with Crippen molar-refractivity contribution < 1.29 is 4.43 Å². The first-order chi connectivity index (χ1) is 8.09. The van der Waals surface area contributed by atoms with Gasteiger partial charge in [-0.2, -0.15) is 0 Å². The van der Waals surface area contributed by atoms with Crippen molar-refractivity contribution in [2.24, 2.45) is 0 Å². The van der Waals surface area contributed by atoms with Gasteiger partial charge in [0.25, 0.3) is 9.07 Å². The van der Waals surface area contributed by atoms with Crippen LogP contribution in [0, 0.1) is 0 Å². The van der Waals surface area contributed by atoms with Crippen molar-refractivity contribution in [1.82, 2.24) is 4.23 Å². The van der Waals surface area contributed by atoms with Crippen molar-refractivity contribution in [2.45, 2.75) is 71.6 Å². The Morgan fingerprint density at radius 2 is 1.56 bits per heavy atom. The number of hydrogen-bond acceptors (Lipinski definition) is 2. The smallest absolute Gasteiger partial charge is 0.258 e. The number of halogens is 1. The van der Waals surface area contributed by atoms with Gasteiger partial charge in [0.15, 0.2) is 0 Å². The molecule has 18 heavy (non-hydrogen) atoms. The van der Waals surface area contributed by atoms with E-state index < -0.39 is 25.5 Å². The van der Waals surface area contributed by atoms with Gasteiger partial charge in [0.1, 0.15) is 16.5 Å². The second-order valence-electron chi connectivity index (χ2n) is 7.08. The summed E-state index contributed by atoms with van der Waals surface area (Å²) in [5, 5.41) is 0. The third-order valence-corrected chi connectivity index (χ3v) is 12.0. The summed E-state index contributed by atoms with van der Waals surface area (Å²) in [7, 11) is -3.08. The fourth-order valence-electron chi connectivity index (χ4n) is 2.57. The first-order valence-electron chi connectivity index (χ1n) is 7.04. The summed E-state index contributed by atoms with van der Waals surface area (Å²) in [5.74, 6) is 0. The van der Waals surface area contributed by atoms with E-state index in [1.807, 2.05) is 0 Å². The van der Waals surface area contributed by atoms with Gasteiger partial charge in [-0.3, -0.25) is 0 Å². The van der Waals surface area contributed by atoms with Crippen LogP contribution in [0.5, 0.6) is 0 Å². The molecule has 0 N–H and O–H groups in total. The van der Waals surface area contributed by atoms with Crippen LogP contribution in [0.2, 0.25) is 39.3 Å². The molecule has 0 aliphatic carbocycles. The molecule has 0 saturated carbocycles. The first-order valence-corrected chi connectivity index (χ1v) is 16.7. The highest BCUT2D eigenvalue weighted by atomic mass is 35.6. The summed E-state index contributed by atoms with van der Waals surface area (Å²) in [6.07, 6.45) is 4.08. The molecule has 110 valence electrons. The maximum absolute atomic E-state index is 5.70. The minimum absolute atomic E-state index is 0.362. The zero-order chi connectivity index (χ0) is 14.4. The minimum atomic E-state index is -1.16. The van der Waals surface area contributed by atoms with Gasteiger partial charge < -0.3 is 8.66 Å². The van der Waals surface area contributed by atoms with Crippen LogP contribution in [0.25, 0.3) is 0 Å². The van der Waals surface area contributed by atoms with E-state index >= 15 is 0 Å². The lowest BCUT2D eigenvalue weighted by atomic mass is 10.2. The van der Waals surface area contributed by atoms with Gasteiger partial charge in [-0.1, -0.05) is 39.3 Å². The molecule has 0 saturated heterocycles. The molecule has 0 aliphatic heterocycles. The highest BCUT2D eigenvalue weighted by Gasteiger charge is 2.33. The molecule has 0 bridgehead atoms. The molecule has 0 radical (unpaired) electrons.